The molecule has 0 aliphatic rings. The van der Waals surface area contributed by atoms with Crippen molar-refractivity contribution in [3.63, 3.8) is 0 Å². The molecule has 0 aliphatic heterocycles. The zero-order valence-corrected chi connectivity index (χ0v) is 8.85. The maximum Gasteiger partial charge on any atom is 0.0957 e. The van der Waals surface area contributed by atoms with Gasteiger partial charge >= 0.3 is 0 Å². The quantitative estimate of drug-likeness (QED) is 0.498. The fourth-order valence-electron chi connectivity index (χ4n) is 1.29. The molecule has 72 valence electrons. The Bertz CT molecular complexity index is 132. The van der Waals surface area contributed by atoms with Crippen LogP contribution in [0.5, 0.6) is 0 Å². The summed E-state index contributed by atoms with van der Waals surface area (Å²) in [5.41, 5.74) is 0. The minimum atomic E-state index is 0.522. The van der Waals surface area contributed by atoms with Crippen LogP contribution < -0.4 is 0 Å². The minimum absolute atomic E-state index is 0.522. The van der Waals surface area contributed by atoms with E-state index < -0.39 is 0 Å². The molecular formula is C10H22N2. The van der Waals surface area contributed by atoms with Crippen molar-refractivity contribution in [1.82, 2.24) is 4.90 Å². The predicted molar refractivity (Wildman–Crippen MR) is 54.8 cm³/mol. The summed E-state index contributed by atoms with van der Waals surface area (Å²) >= 11 is 0. The van der Waals surface area contributed by atoms with Crippen molar-refractivity contribution in [3.05, 3.63) is 0 Å². The van der Waals surface area contributed by atoms with E-state index in [0.29, 0.717) is 6.04 Å². The maximum absolute atomic E-state index is 7.73. The van der Waals surface area contributed by atoms with Gasteiger partial charge in [0.15, 0.2) is 0 Å². The predicted octanol–water partition coefficient (Wildman–Crippen LogP) is 2.88. The Labute approximate surface area is 76.5 Å². The molecule has 12 heavy (non-hydrogen) atoms. The summed E-state index contributed by atoms with van der Waals surface area (Å²) in [5, 5.41) is 7.73. The van der Waals surface area contributed by atoms with E-state index in [2.05, 4.69) is 25.7 Å². The molecule has 0 saturated carbocycles. The van der Waals surface area contributed by atoms with Gasteiger partial charge in [0, 0.05) is 19.5 Å². The molecule has 0 saturated heterocycles. The zero-order valence-electron chi connectivity index (χ0n) is 8.85. The molecule has 2 nitrogen and oxygen atoms in total. The molecule has 0 fully saturated rings. The summed E-state index contributed by atoms with van der Waals surface area (Å²) in [4.78, 5) is 2.09. The number of nitrogens with zero attached hydrogens (tertiary/aromatic N) is 1. The SMILES string of the molecule is CCCC(=N)N(C)C(C)CCC. The van der Waals surface area contributed by atoms with Crippen molar-refractivity contribution >= 4 is 5.84 Å². The van der Waals surface area contributed by atoms with Crippen molar-refractivity contribution in [2.45, 2.75) is 52.5 Å². The standard InChI is InChI=1S/C10H22N2/c1-5-7-9(3)12(4)10(11)8-6-2/h9,11H,5-8H2,1-4H3. The first-order chi connectivity index (χ1) is 5.63. The lowest BCUT2D eigenvalue weighted by atomic mass is 10.1. The summed E-state index contributed by atoms with van der Waals surface area (Å²) in [6.07, 6.45) is 4.36. The summed E-state index contributed by atoms with van der Waals surface area (Å²) in [5.74, 6) is 0.776. The summed E-state index contributed by atoms with van der Waals surface area (Å²) in [6.45, 7) is 6.49. The van der Waals surface area contributed by atoms with Crippen LogP contribution in [0.2, 0.25) is 0 Å². The topological polar surface area (TPSA) is 27.1 Å². The average molecular weight is 170 g/mol. The normalized spacial score (nSPS) is 12.7. The Balaban J connectivity index is 3.82. The van der Waals surface area contributed by atoms with Crippen molar-refractivity contribution < 1.29 is 0 Å². The van der Waals surface area contributed by atoms with E-state index in [-0.39, 0.29) is 0 Å². The average Bonchev–Trinajstić information content (AvgIpc) is 2.04. The lowest BCUT2D eigenvalue weighted by Crippen LogP contribution is -2.34. The van der Waals surface area contributed by atoms with Gasteiger partial charge in [-0.25, -0.2) is 0 Å². The fourth-order valence-corrected chi connectivity index (χ4v) is 1.29. The molecule has 1 unspecified atom stereocenters. The van der Waals surface area contributed by atoms with Crippen LogP contribution in [-0.4, -0.2) is 23.8 Å². The monoisotopic (exact) mass is 170 g/mol. The van der Waals surface area contributed by atoms with Crippen LogP contribution in [0, 0.1) is 5.41 Å². The largest absolute Gasteiger partial charge is 0.361 e. The molecule has 0 aliphatic carbocycles. The molecule has 0 aromatic heterocycles. The molecule has 0 bridgehead atoms. The molecule has 0 amide bonds. The maximum atomic E-state index is 7.73. The lowest BCUT2D eigenvalue weighted by molar-refractivity contribution is 0.358. The first kappa shape index (κ1) is 11.5. The molecule has 2 heteroatoms. The third kappa shape index (κ3) is 3.74. The number of hydrogen-bond acceptors (Lipinski definition) is 1. The summed E-state index contributed by atoms with van der Waals surface area (Å²) in [6, 6.07) is 0.522. The number of rotatable bonds is 5. The van der Waals surface area contributed by atoms with E-state index >= 15 is 0 Å². The van der Waals surface area contributed by atoms with Crippen LogP contribution >= 0.6 is 0 Å². The van der Waals surface area contributed by atoms with Crippen molar-refractivity contribution in [1.29, 1.82) is 5.41 Å². The van der Waals surface area contributed by atoms with Gasteiger partial charge < -0.3 is 4.90 Å². The second-order valence-electron chi connectivity index (χ2n) is 3.45. The van der Waals surface area contributed by atoms with Gasteiger partial charge in [0.1, 0.15) is 0 Å². The Kier molecular flexibility index (Phi) is 5.77. The smallest absolute Gasteiger partial charge is 0.0957 e. The molecule has 0 spiro atoms. The van der Waals surface area contributed by atoms with Crippen LogP contribution in [0.25, 0.3) is 0 Å². The molecule has 0 heterocycles. The Morgan fingerprint density at radius 3 is 2.33 bits per heavy atom. The van der Waals surface area contributed by atoms with Gasteiger partial charge in [-0.1, -0.05) is 20.3 Å². The third-order valence-corrected chi connectivity index (χ3v) is 2.28. The Morgan fingerprint density at radius 1 is 1.33 bits per heavy atom. The van der Waals surface area contributed by atoms with Crippen LogP contribution in [0.15, 0.2) is 0 Å². The first-order valence-corrected chi connectivity index (χ1v) is 4.93. The summed E-state index contributed by atoms with van der Waals surface area (Å²) < 4.78 is 0. The van der Waals surface area contributed by atoms with Crippen molar-refractivity contribution in [2.75, 3.05) is 7.05 Å². The molecular weight excluding hydrogens is 148 g/mol. The van der Waals surface area contributed by atoms with Crippen LogP contribution in [0.4, 0.5) is 0 Å². The van der Waals surface area contributed by atoms with Gasteiger partial charge in [0.25, 0.3) is 0 Å². The number of nitrogens with one attached hydrogen (secondary N) is 1. The number of amidine groups is 1. The van der Waals surface area contributed by atoms with E-state index in [1.165, 1.54) is 12.8 Å². The van der Waals surface area contributed by atoms with Crippen LogP contribution in [0.3, 0.4) is 0 Å². The van der Waals surface area contributed by atoms with Gasteiger partial charge in [-0.3, -0.25) is 5.41 Å². The van der Waals surface area contributed by atoms with Gasteiger partial charge in [0.2, 0.25) is 0 Å². The summed E-state index contributed by atoms with van der Waals surface area (Å²) in [7, 11) is 2.03. The second-order valence-corrected chi connectivity index (χ2v) is 3.45. The van der Waals surface area contributed by atoms with Gasteiger partial charge in [-0.15, -0.1) is 0 Å². The molecule has 1 atom stereocenters. The zero-order chi connectivity index (χ0) is 9.56. The van der Waals surface area contributed by atoms with Crippen molar-refractivity contribution in [3.8, 4) is 0 Å². The van der Waals surface area contributed by atoms with Gasteiger partial charge in [0.05, 0.1) is 5.84 Å². The molecule has 0 radical (unpaired) electrons. The molecule has 0 aromatic carbocycles. The highest BCUT2D eigenvalue weighted by Crippen LogP contribution is 2.06. The first-order valence-electron chi connectivity index (χ1n) is 4.93. The second kappa shape index (κ2) is 6.04. The number of hydrogen-bond donors (Lipinski definition) is 1. The van der Waals surface area contributed by atoms with E-state index in [0.717, 1.165) is 18.7 Å². The third-order valence-electron chi connectivity index (χ3n) is 2.28. The Morgan fingerprint density at radius 2 is 1.92 bits per heavy atom. The van der Waals surface area contributed by atoms with E-state index in [9.17, 15) is 0 Å². The van der Waals surface area contributed by atoms with E-state index in [4.69, 9.17) is 5.41 Å². The van der Waals surface area contributed by atoms with Gasteiger partial charge in [-0.05, 0) is 19.8 Å². The van der Waals surface area contributed by atoms with Crippen molar-refractivity contribution in [2.24, 2.45) is 0 Å². The fraction of sp³-hybridized carbons (Fsp3) is 0.900. The van der Waals surface area contributed by atoms with E-state index in [1.54, 1.807) is 0 Å². The molecule has 0 rings (SSSR count). The highest BCUT2D eigenvalue weighted by Gasteiger charge is 2.09. The lowest BCUT2D eigenvalue weighted by Gasteiger charge is -2.26. The van der Waals surface area contributed by atoms with Crippen LogP contribution in [0.1, 0.15) is 46.5 Å². The minimum Gasteiger partial charge on any atom is -0.361 e. The molecule has 1 N–H and O–H groups in total. The van der Waals surface area contributed by atoms with E-state index in [1.807, 2.05) is 7.05 Å². The molecule has 0 aromatic rings. The highest BCUT2D eigenvalue weighted by molar-refractivity contribution is 5.79. The van der Waals surface area contributed by atoms with Crippen LogP contribution in [-0.2, 0) is 0 Å². The van der Waals surface area contributed by atoms with Gasteiger partial charge in [-0.2, -0.15) is 0 Å². The Hall–Kier alpha value is -0.530. The highest BCUT2D eigenvalue weighted by atomic mass is 15.2.